The second-order valence-corrected chi connectivity index (χ2v) is 9.02. The van der Waals surface area contributed by atoms with E-state index in [-0.39, 0.29) is 0 Å². The molecule has 2 aromatic carbocycles. The molecule has 4 rings (SSSR count). The molecule has 2 aromatic heterocycles. The lowest BCUT2D eigenvalue weighted by molar-refractivity contribution is -0.135. The summed E-state index contributed by atoms with van der Waals surface area (Å²) in [4.78, 5) is 34.4. The maximum Gasteiger partial charge on any atom is 0.239 e. The van der Waals surface area contributed by atoms with Crippen LogP contribution in [0.5, 0.6) is 23.1 Å². The maximum absolute atomic E-state index is 13.1. The van der Waals surface area contributed by atoms with Gasteiger partial charge < -0.3 is 24.8 Å². The third-order valence-electron chi connectivity index (χ3n) is 5.94. The lowest BCUT2D eigenvalue weighted by atomic mass is 9.90. The number of fused-ring (bicyclic) bond motifs is 1. The van der Waals surface area contributed by atoms with Crippen molar-refractivity contribution in [3.63, 3.8) is 0 Å². The molecular formula is C28H27FN4O5. The summed E-state index contributed by atoms with van der Waals surface area (Å²) in [5, 5.41) is 6.06. The number of ether oxygens (including phenoxy) is 3. The average Bonchev–Trinajstić information content (AvgIpc) is 2.90. The molecule has 10 heteroatoms. The first-order valence-electron chi connectivity index (χ1n) is 11.7. The zero-order chi connectivity index (χ0) is 27.4. The third kappa shape index (κ3) is 5.49. The van der Waals surface area contributed by atoms with Crippen LogP contribution >= 0.6 is 0 Å². The molecule has 0 fully saturated rings. The van der Waals surface area contributed by atoms with Crippen LogP contribution in [0.15, 0.2) is 60.9 Å². The van der Waals surface area contributed by atoms with Crippen molar-refractivity contribution in [1.29, 1.82) is 0 Å². The molecule has 0 radical (unpaired) electrons. The molecule has 0 aliphatic heterocycles. The van der Waals surface area contributed by atoms with Gasteiger partial charge in [0.25, 0.3) is 0 Å². The molecule has 0 aliphatic carbocycles. The number of carbonyl (C=O) groups excluding carboxylic acids is 2. The molecule has 9 nitrogen and oxygen atoms in total. The summed E-state index contributed by atoms with van der Waals surface area (Å²) in [5.41, 5.74) is 0.669. The highest BCUT2D eigenvalue weighted by Crippen LogP contribution is 2.37. The number of amides is 2. The van der Waals surface area contributed by atoms with Crippen LogP contribution in [0.3, 0.4) is 0 Å². The van der Waals surface area contributed by atoms with Gasteiger partial charge in [-0.25, -0.2) is 9.37 Å². The molecule has 38 heavy (non-hydrogen) atoms. The quantitative estimate of drug-likeness (QED) is 0.297. The van der Waals surface area contributed by atoms with Crippen molar-refractivity contribution < 1.29 is 28.2 Å². The standard InChI is InChI=1S/C28H27FN4O5/c1-16-12-19(33-27(35)28(2,3)26(34)32-18-8-6-17(29)7-9-18)15-31-25(16)38-22-10-11-30-21-14-24(37-5)23(36-4)13-20(21)22/h6-15H,1-5H3,(H,32,34)(H,33,35). The monoisotopic (exact) mass is 518 g/mol. The van der Waals surface area contributed by atoms with Gasteiger partial charge in [0.2, 0.25) is 17.7 Å². The third-order valence-corrected chi connectivity index (χ3v) is 5.94. The van der Waals surface area contributed by atoms with Gasteiger partial charge in [-0.3, -0.25) is 14.6 Å². The molecule has 2 heterocycles. The summed E-state index contributed by atoms with van der Waals surface area (Å²) in [7, 11) is 3.10. The Morgan fingerprint density at radius 2 is 1.47 bits per heavy atom. The molecule has 0 unspecified atom stereocenters. The fraction of sp³-hybridized carbons (Fsp3) is 0.214. The van der Waals surface area contributed by atoms with Gasteiger partial charge in [-0.05, 0) is 63.2 Å². The van der Waals surface area contributed by atoms with E-state index in [9.17, 15) is 14.0 Å². The van der Waals surface area contributed by atoms with Gasteiger partial charge in [0.15, 0.2) is 11.5 Å². The number of hydrogen-bond donors (Lipinski definition) is 2. The summed E-state index contributed by atoms with van der Waals surface area (Å²) in [6.07, 6.45) is 3.06. The van der Waals surface area contributed by atoms with Crippen molar-refractivity contribution in [2.45, 2.75) is 20.8 Å². The van der Waals surface area contributed by atoms with Crippen LogP contribution in [0.1, 0.15) is 19.4 Å². The van der Waals surface area contributed by atoms with Gasteiger partial charge in [0.1, 0.15) is 17.0 Å². The zero-order valence-electron chi connectivity index (χ0n) is 21.6. The number of anilines is 2. The summed E-state index contributed by atoms with van der Waals surface area (Å²) in [6, 6.07) is 12.2. The first kappa shape index (κ1) is 26.3. The predicted molar refractivity (Wildman–Crippen MR) is 141 cm³/mol. The zero-order valence-corrected chi connectivity index (χ0v) is 21.6. The predicted octanol–water partition coefficient (Wildman–Crippen LogP) is 5.49. The Morgan fingerprint density at radius 1 is 0.842 bits per heavy atom. The molecule has 0 bridgehead atoms. The molecule has 0 saturated carbocycles. The molecule has 0 atom stereocenters. The number of hydrogen-bond acceptors (Lipinski definition) is 7. The number of nitrogens with one attached hydrogen (secondary N) is 2. The normalized spacial score (nSPS) is 11.1. The minimum absolute atomic E-state index is 0.332. The molecule has 2 N–H and O–H groups in total. The summed E-state index contributed by atoms with van der Waals surface area (Å²) < 4.78 is 30.0. The second-order valence-electron chi connectivity index (χ2n) is 9.02. The highest BCUT2D eigenvalue weighted by atomic mass is 19.1. The first-order chi connectivity index (χ1) is 18.1. The van der Waals surface area contributed by atoms with Crippen molar-refractivity contribution in [2.75, 3.05) is 24.9 Å². The Kier molecular flexibility index (Phi) is 7.43. The van der Waals surface area contributed by atoms with E-state index in [0.29, 0.717) is 51.0 Å². The van der Waals surface area contributed by atoms with Crippen molar-refractivity contribution in [3.05, 3.63) is 72.3 Å². The number of pyridine rings is 2. The number of carbonyl (C=O) groups is 2. The number of benzene rings is 2. The van der Waals surface area contributed by atoms with Crippen LogP contribution in [0.4, 0.5) is 15.8 Å². The Labute approximate surface area is 219 Å². The van der Waals surface area contributed by atoms with Gasteiger partial charge >= 0.3 is 0 Å². The largest absolute Gasteiger partial charge is 0.493 e. The van der Waals surface area contributed by atoms with Crippen molar-refractivity contribution in [1.82, 2.24) is 9.97 Å². The van der Waals surface area contributed by atoms with E-state index in [4.69, 9.17) is 14.2 Å². The van der Waals surface area contributed by atoms with Gasteiger partial charge in [0, 0.05) is 28.9 Å². The van der Waals surface area contributed by atoms with Crippen LogP contribution in [-0.4, -0.2) is 36.0 Å². The number of aromatic nitrogens is 2. The Hall–Kier alpha value is -4.73. The smallest absolute Gasteiger partial charge is 0.239 e. The van der Waals surface area contributed by atoms with Gasteiger partial charge in [-0.15, -0.1) is 0 Å². The number of rotatable bonds is 8. The van der Waals surface area contributed by atoms with Crippen LogP contribution in [0.25, 0.3) is 10.9 Å². The minimum Gasteiger partial charge on any atom is -0.493 e. The highest BCUT2D eigenvalue weighted by molar-refractivity contribution is 6.14. The Bertz CT molecular complexity index is 1510. The minimum atomic E-state index is -1.42. The number of nitrogens with zero attached hydrogens (tertiary/aromatic N) is 2. The summed E-state index contributed by atoms with van der Waals surface area (Å²) in [6.45, 7) is 4.78. The van der Waals surface area contributed by atoms with E-state index >= 15 is 0 Å². The lowest BCUT2D eigenvalue weighted by Gasteiger charge is -2.23. The van der Waals surface area contributed by atoms with Crippen LogP contribution in [-0.2, 0) is 9.59 Å². The first-order valence-corrected chi connectivity index (χ1v) is 11.7. The van der Waals surface area contributed by atoms with Crippen molar-refractivity contribution >= 4 is 34.1 Å². The SMILES string of the molecule is COc1cc2nccc(Oc3ncc(NC(=O)C(C)(C)C(=O)Nc4ccc(F)cc4)cc3C)c2cc1OC. The summed E-state index contributed by atoms with van der Waals surface area (Å²) >= 11 is 0. The lowest BCUT2D eigenvalue weighted by Crippen LogP contribution is -2.41. The van der Waals surface area contributed by atoms with Crippen LogP contribution < -0.4 is 24.8 Å². The number of halogens is 1. The van der Waals surface area contributed by atoms with Crippen molar-refractivity contribution in [3.8, 4) is 23.1 Å². The average molecular weight is 519 g/mol. The van der Waals surface area contributed by atoms with Gasteiger partial charge in [-0.2, -0.15) is 0 Å². The number of aryl methyl sites for hydroxylation is 1. The molecule has 0 spiro atoms. The van der Waals surface area contributed by atoms with E-state index in [2.05, 4.69) is 20.6 Å². The second kappa shape index (κ2) is 10.7. The van der Waals surface area contributed by atoms with E-state index in [1.165, 1.54) is 44.3 Å². The topological polar surface area (TPSA) is 112 Å². The Balaban J connectivity index is 1.50. The van der Waals surface area contributed by atoms with Gasteiger partial charge in [0.05, 0.1) is 31.6 Å². The fourth-order valence-corrected chi connectivity index (χ4v) is 3.59. The van der Waals surface area contributed by atoms with E-state index in [0.717, 1.165) is 0 Å². The highest BCUT2D eigenvalue weighted by Gasteiger charge is 2.36. The molecular weight excluding hydrogens is 491 g/mol. The number of methoxy groups -OCH3 is 2. The molecule has 0 saturated heterocycles. The van der Waals surface area contributed by atoms with Crippen LogP contribution in [0, 0.1) is 18.2 Å². The van der Waals surface area contributed by atoms with Gasteiger partial charge in [-0.1, -0.05) is 0 Å². The van der Waals surface area contributed by atoms with E-state index in [1.807, 2.05) is 0 Å². The van der Waals surface area contributed by atoms with Crippen LogP contribution in [0.2, 0.25) is 0 Å². The summed E-state index contributed by atoms with van der Waals surface area (Å²) in [5.74, 6) is 0.434. The fourth-order valence-electron chi connectivity index (χ4n) is 3.59. The van der Waals surface area contributed by atoms with Crippen molar-refractivity contribution in [2.24, 2.45) is 5.41 Å². The Morgan fingerprint density at radius 3 is 2.11 bits per heavy atom. The van der Waals surface area contributed by atoms with E-state index < -0.39 is 23.0 Å². The molecule has 4 aromatic rings. The van der Waals surface area contributed by atoms with E-state index in [1.54, 1.807) is 51.6 Å². The maximum atomic E-state index is 13.1. The molecule has 196 valence electrons. The molecule has 0 aliphatic rings. The molecule has 2 amide bonds.